The second-order valence-electron chi connectivity index (χ2n) is 13.5. The van der Waals surface area contributed by atoms with Crippen molar-refractivity contribution in [2.24, 2.45) is 0 Å². The summed E-state index contributed by atoms with van der Waals surface area (Å²) in [6.45, 7) is 9.17. The molecular formula is C44H48S3. The molecule has 7 aromatic rings. The number of aryl methyl sites for hydroxylation is 4. The van der Waals surface area contributed by atoms with Crippen LogP contribution in [0.2, 0.25) is 0 Å². The number of hydrogen-bond acceptors (Lipinski definition) is 3. The summed E-state index contributed by atoms with van der Waals surface area (Å²) in [5, 5.41) is 2.84. The van der Waals surface area contributed by atoms with Crippen LogP contribution >= 0.6 is 34.0 Å². The fourth-order valence-electron chi connectivity index (χ4n) is 7.07. The Hall–Kier alpha value is -2.98. The fraction of sp³-hybridized carbons (Fsp3) is 0.364. The second-order valence-corrected chi connectivity index (χ2v) is 16.7. The monoisotopic (exact) mass is 672 g/mol. The van der Waals surface area contributed by atoms with Crippen molar-refractivity contribution in [2.45, 2.75) is 105 Å². The van der Waals surface area contributed by atoms with Crippen LogP contribution in [0.5, 0.6) is 0 Å². The number of thiophene rings is 3. The molecule has 0 aliphatic rings. The van der Waals surface area contributed by atoms with Crippen molar-refractivity contribution in [2.75, 3.05) is 0 Å². The third kappa shape index (κ3) is 6.82. The van der Waals surface area contributed by atoms with Gasteiger partial charge >= 0.3 is 0 Å². The standard InChI is InChI=1S/C44H48S3/c1-5-9-13-29-21-30(14-10-6-2)24-35(23-29)33-17-19-37-39(27-33)45-43-41(37)47-42-38-20-18-34(28-40(38)46-44(42)43)36-25-31(15-11-7-3)22-32(26-36)16-12-8-4/h17-28H,5-16H2,1-4H3. The summed E-state index contributed by atoms with van der Waals surface area (Å²) >= 11 is 6.00. The maximum absolute atomic E-state index is 2.47. The zero-order valence-electron chi connectivity index (χ0n) is 28.6. The molecule has 0 N–H and O–H groups in total. The highest BCUT2D eigenvalue weighted by Crippen LogP contribution is 2.51. The van der Waals surface area contributed by atoms with Crippen LogP contribution in [0.3, 0.4) is 0 Å². The van der Waals surface area contributed by atoms with E-state index in [4.69, 9.17) is 0 Å². The molecule has 0 saturated carbocycles. The molecule has 0 aliphatic heterocycles. The molecule has 7 rings (SSSR count). The topological polar surface area (TPSA) is 0 Å². The molecule has 3 heterocycles. The molecule has 3 aromatic heterocycles. The third-order valence-corrected chi connectivity index (χ3v) is 13.7. The van der Waals surface area contributed by atoms with Gasteiger partial charge in [-0.1, -0.05) is 114 Å². The van der Waals surface area contributed by atoms with Crippen molar-refractivity contribution in [1.82, 2.24) is 0 Å². The third-order valence-electron chi connectivity index (χ3n) is 9.75. The summed E-state index contributed by atoms with van der Waals surface area (Å²) in [6, 6.07) is 29.2. The first-order valence-electron chi connectivity index (χ1n) is 18.2. The maximum Gasteiger partial charge on any atom is 0.0642 e. The highest BCUT2D eigenvalue weighted by molar-refractivity contribution is 7.43. The molecule has 0 amide bonds. The fourth-order valence-corrected chi connectivity index (χ4v) is 11.4. The van der Waals surface area contributed by atoms with E-state index < -0.39 is 0 Å². The maximum atomic E-state index is 2.47. The molecular weight excluding hydrogens is 625 g/mol. The van der Waals surface area contributed by atoms with Gasteiger partial charge in [-0.05, 0) is 108 Å². The Kier molecular flexibility index (Phi) is 10.1. The van der Waals surface area contributed by atoms with Gasteiger partial charge in [0.15, 0.2) is 0 Å². The van der Waals surface area contributed by atoms with Gasteiger partial charge in [0, 0.05) is 20.2 Å². The summed E-state index contributed by atoms with van der Waals surface area (Å²) in [4.78, 5) is 0. The Morgan fingerprint density at radius 3 is 1.06 bits per heavy atom. The van der Waals surface area contributed by atoms with Crippen molar-refractivity contribution in [3.63, 3.8) is 0 Å². The van der Waals surface area contributed by atoms with E-state index in [9.17, 15) is 0 Å². The van der Waals surface area contributed by atoms with Crippen molar-refractivity contribution in [3.05, 3.63) is 95.1 Å². The van der Waals surface area contributed by atoms with Crippen LogP contribution in [0.25, 0.3) is 61.2 Å². The van der Waals surface area contributed by atoms with Crippen LogP contribution in [0.15, 0.2) is 72.8 Å². The van der Waals surface area contributed by atoms with E-state index >= 15 is 0 Å². The van der Waals surface area contributed by atoms with E-state index in [1.54, 1.807) is 0 Å². The van der Waals surface area contributed by atoms with E-state index in [0.29, 0.717) is 0 Å². The average molecular weight is 673 g/mol. The Morgan fingerprint density at radius 2 is 0.723 bits per heavy atom. The molecule has 0 atom stereocenters. The lowest BCUT2D eigenvalue weighted by atomic mass is 9.95. The molecule has 0 saturated heterocycles. The first-order chi connectivity index (χ1) is 23.1. The van der Waals surface area contributed by atoms with Crippen molar-refractivity contribution in [1.29, 1.82) is 0 Å². The van der Waals surface area contributed by atoms with Gasteiger partial charge in [-0.2, -0.15) is 0 Å². The Labute approximate surface area is 293 Å². The summed E-state index contributed by atoms with van der Waals surface area (Å²) in [5.41, 5.74) is 11.5. The summed E-state index contributed by atoms with van der Waals surface area (Å²) < 4.78 is 8.72. The minimum Gasteiger partial charge on any atom is -0.133 e. The van der Waals surface area contributed by atoms with Gasteiger partial charge < -0.3 is 0 Å². The molecule has 3 heteroatoms. The van der Waals surface area contributed by atoms with Crippen molar-refractivity contribution >= 4 is 73.0 Å². The molecule has 242 valence electrons. The van der Waals surface area contributed by atoms with Crippen LogP contribution in [-0.2, 0) is 25.7 Å². The zero-order valence-corrected chi connectivity index (χ0v) is 31.1. The number of rotatable bonds is 14. The molecule has 4 aromatic carbocycles. The molecule has 0 spiro atoms. The average Bonchev–Trinajstić information content (AvgIpc) is 3.75. The van der Waals surface area contributed by atoms with Gasteiger partial charge in [0.2, 0.25) is 0 Å². The second kappa shape index (κ2) is 14.6. The lowest BCUT2D eigenvalue weighted by Crippen LogP contribution is -1.92. The molecule has 0 bridgehead atoms. The Bertz CT molecular complexity index is 1950. The van der Waals surface area contributed by atoms with Crippen LogP contribution in [0.4, 0.5) is 0 Å². The van der Waals surface area contributed by atoms with Crippen LogP contribution in [0, 0.1) is 0 Å². The van der Waals surface area contributed by atoms with Crippen LogP contribution < -0.4 is 0 Å². The highest BCUT2D eigenvalue weighted by Gasteiger charge is 2.18. The van der Waals surface area contributed by atoms with Gasteiger partial charge in [0.1, 0.15) is 0 Å². The van der Waals surface area contributed by atoms with Gasteiger partial charge in [0.05, 0.1) is 18.8 Å². The van der Waals surface area contributed by atoms with Gasteiger partial charge in [-0.3, -0.25) is 0 Å². The summed E-state index contributed by atoms with van der Waals surface area (Å²) in [7, 11) is 0. The van der Waals surface area contributed by atoms with Gasteiger partial charge in [0.25, 0.3) is 0 Å². The number of hydrogen-bond donors (Lipinski definition) is 0. The van der Waals surface area contributed by atoms with Gasteiger partial charge in [-0.25, -0.2) is 0 Å². The highest BCUT2D eigenvalue weighted by atomic mass is 32.1. The van der Waals surface area contributed by atoms with Crippen molar-refractivity contribution < 1.29 is 0 Å². The van der Waals surface area contributed by atoms with E-state index in [0.717, 1.165) is 0 Å². The predicted molar refractivity (Wildman–Crippen MR) is 215 cm³/mol. The van der Waals surface area contributed by atoms with Crippen LogP contribution in [0.1, 0.15) is 101 Å². The zero-order chi connectivity index (χ0) is 32.3. The first-order valence-corrected chi connectivity index (χ1v) is 20.6. The molecule has 47 heavy (non-hydrogen) atoms. The van der Waals surface area contributed by atoms with E-state index in [1.165, 1.54) is 161 Å². The quantitative estimate of drug-likeness (QED) is 0.108. The Morgan fingerprint density at radius 1 is 0.362 bits per heavy atom. The van der Waals surface area contributed by atoms with E-state index in [1.807, 2.05) is 34.0 Å². The minimum atomic E-state index is 1.18. The number of unbranched alkanes of at least 4 members (excludes halogenated alkanes) is 4. The van der Waals surface area contributed by atoms with Crippen molar-refractivity contribution in [3.8, 4) is 22.3 Å². The Balaban J connectivity index is 1.26. The smallest absolute Gasteiger partial charge is 0.0642 e. The lowest BCUT2D eigenvalue weighted by Gasteiger charge is -2.10. The molecule has 0 fully saturated rings. The van der Waals surface area contributed by atoms with E-state index in [2.05, 4.69) is 100 Å². The molecule has 0 nitrogen and oxygen atoms in total. The lowest BCUT2D eigenvalue weighted by molar-refractivity contribution is 0.781. The van der Waals surface area contributed by atoms with E-state index in [-0.39, 0.29) is 0 Å². The molecule has 0 radical (unpaired) electrons. The molecule has 0 aliphatic carbocycles. The predicted octanol–water partition coefficient (Wildman–Crippen LogP) is 15.2. The van der Waals surface area contributed by atoms with Gasteiger partial charge in [-0.15, -0.1) is 34.0 Å². The molecule has 0 unspecified atom stereocenters. The summed E-state index contributed by atoms with van der Waals surface area (Å²) in [6.07, 6.45) is 14.7. The first kappa shape index (κ1) is 32.6. The number of benzene rings is 4. The number of fused-ring (bicyclic) bond motifs is 7. The SMILES string of the molecule is CCCCc1cc(CCCC)cc(-c2ccc3c(c2)sc2c3sc3c4ccc(-c5cc(CCCC)cc(CCCC)c5)cc4sc32)c1. The largest absolute Gasteiger partial charge is 0.133 e. The normalized spacial score (nSPS) is 12.0. The summed E-state index contributed by atoms with van der Waals surface area (Å²) in [5.74, 6) is 0. The van der Waals surface area contributed by atoms with Crippen LogP contribution in [-0.4, -0.2) is 0 Å². The minimum absolute atomic E-state index is 1.18.